The van der Waals surface area contributed by atoms with Crippen molar-refractivity contribution in [3.63, 3.8) is 0 Å². The van der Waals surface area contributed by atoms with Gasteiger partial charge in [0.2, 0.25) is 5.91 Å². The van der Waals surface area contributed by atoms with E-state index in [-0.39, 0.29) is 5.91 Å². The lowest BCUT2D eigenvalue weighted by atomic mass is 10.0. The van der Waals surface area contributed by atoms with Crippen molar-refractivity contribution in [2.75, 3.05) is 6.54 Å². The highest BCUT2D eigenvalue weighted by molar-refractivity contribution is 8.00. The van der Waals surface area contributed by atoms with Gasteiger partial charge in [0.25, 0.3) is 0 Å². The van der Waals surface area contributed by atoms with E-state index in [0.29, 0.717) is 17.7 Å². The van der Waals surface area contributed by atoms with Gasteiger partial charge in [0.1, 0.15) is 0 Å². The van der Waals surface area contributed by atoms with Crippen molar-refractivity contribution < 1.29 is 4.79 Å². The molecule has 0 radical (unpaired) electrons. The second-order valence-corrected chi connectivity index (χ2v) is 6.73. The number of hydrogen-bond acceptors (Lipinski definition) is 3. The van der Waals surface area contributed by atoms with Gasteiger partial charge >= 0.3 is 0 Å². The Kier molecular flexibility index (Phi) is 6.95. The number of thioether (sulfide) groups is 1. The van der Waals surface area contributed by atoms with Crippen LogP contribution in [-0.2, 0) is 4.79 Å². The first kappa shape index (κ1) is 16.1. The van der Waals surface area contributed by atoms with Crippen molar-refractivity contribution in [2.24, 2.45) is 11.7 Å². The number of amides is 1. The van der Waals surface area contributed by atoms with Crippen LogP contribution in [0.1, 0.15) is 27.2 Å². The molecule has 3 nitrogen and oxygen atoms in total. The van der Waals surface area contributed by atoms with Crippen molar-refractivity contribution in [2.45, 2.75) is 43.4 Å². The van der Waals surface area contributed by atoms with E-state index in [1.807, 2.05) is 18.2 Å². The minimum atomic E-state index is -0.395. The molecule has 2 atom stereocenters. The topological polar surface area (TPSA) is 55.1 Å². The number of carbonyl (C=O) groups is 1. The van der Waals surface area contributed by atoms with Gasteiger partial charge in [0, 0.05) is 16.7 Å². The smallest absolute Gasteiger partial charge is 0.236 e. The Morgan fingerprint density at radius 2 is 1.89 bits per heavy atom. The summed E-state index contributed by atoms with van der Waals surface area (Å²) in [6.45, 7) is 6.89. The molecule has 0 aliphatic carbocycles. The van der Waals surface area contributed by atoms with Crippen LogP contribution in [0.15, 0.2) is 35.2 Å². The minimum absolute atomic E-state index is 0.0470. The highest BCUT2D eigenvalue weighted by Gasteiger charge is 2.15. The summed E-state index contributed by atoms with van der Waals surface area (Å²) in [5, 5.41) is 3.25. The van der Waals surface area contributed by atoms with E-state index in [9.17, 15) is 4.79 Å². The van der Waals surface area contributed by atoms with Gasteiger partial charge in [-0.25, -0.2) is 0 Å². The Bertz CT molecular complexity index is 381. The molecular weight excluding hydrogens is 256 g/mol. The molecule has 0 spiro atoms. The van der Waals surface area contributed by atoms with Gasteiger partial charge in [0.15, 0.2) is 0 Å². The molecule has 1 aromatic carbocycles. The number of benzene rings is 1. The Morgan fingerprint density at radius 3 is 2.47 bits per heavy atom. The molecule has 4 heteroatoms. The Balaban J connectivity index is 2.30. The molecule has 1 amide bonds. The molecule has 1 aromatic rings. The third kappa shape index (κ3) is 6.64. The van der Waals surface area contributed by atoms with Crippen molar-refractivity contribution in [1.29, 1.82) is 0 Å². The molecule has 0 heterocycles. The number of rotatable bonds is 7. The van der Waals surface area contributed by atoms with Crippen molar-refractivity contribution in [3.05, 3.63) is 30.3 Å². The van der Waals surface area contributed by atoms with Crippen LogP contribution >= 0.6 is 11.8 Å². The fourth-order valence-corrected chi connectivity index (χ4v) is 2.71. The molecule has 3 N–H and O–H groups in total. The van der Waals surface area contributed by atoms with E-state index in [4.69, 9.17) is 5.73 Å². The van der Waals surface area contributed by atoms with Crippen LogP contribution in [0.5, 0.6) is 0 Å². The summed E-state index contributed by atoms with van der Waals surface area (Å²) in [5.41, 5.74) is 5.84. The fraction of sp³-hybridized carbons (Fsp3) is 0.533. The van der Waals surface area contributed by atoms with Crippen LogP contribution in [0.25, 0.3) is 0 Å². The molecule has 0 aliphatic rings. The average Bonchev–Trinajstić information content (AvgIpc) is 2.36. The molecule has 0 fully saturated rings. The Hall–Kier alpha value is -1.00. The summed E-state index contributed by atoms with van der Waals surface area (Å²) < 4.78 is 0. The van der Waals surface area contributed by atoms with Gasteiger partial charge in [-0.15, -0.1) is 11.8 Å². The standard InChI is InChI=1S/C15H24N2OS/c1-11(2)9-14(16)15(18)17-10-12(3)19-13-7-5-4-6-8-13/h4-8,11-12,14H,9-10,16H2,1-3H3,(H,17,18)/t12?,14-/m0/s1. The van der Waals surface area contributed by atoms with Gasteiger partial charge in [0.05, 0.1) is 6.04 Å². The zero-order valence-electron chi connectivity index (χ0n) is 11.9. The van der Waals surface area contributed by atoms with E-state index in [2.05, 4.69) is 38.2 Å². The van der Waals surface area contributed by atoms with E-state index in [1.165, 1.54) is 4.90 Å². The largest absolute Gasteiger partial charge is 0.354 e. The fourth-order valence-electron chi connectivity index (χ4n) is 1.76. The predicted molar refractivity (Wildman–Crippen MR) is 82.2 cm³/mol. The molecule has 0 aromatic heterocycles. The van der Waals surface area contributed by atoms with Crippen LogP contribution < -0.4 is 11.1 Å². The first-order chi connectivity index (χ1) is 8.99. The molecular formula is C15H24N2OS. The summed E-state index contributed by atoms with van der Waals surface area (Å²) in [7, 11) is 0. The highest BCUT2D eigenvalue weighted by Crippen LogP contribution is 2.21. The molecule has 1 rings (SSSR count). The third-order valence-electron chi connectivity index (χ3n) is 2.71. The van der Waals surface area contributed by atoms with Gasteiger partial charge < -0.3 is 11.1 Å². The van der Waals surface area contributed by atoms with Crippen LogP contribution in [0.4, 0.5) is 0 Å². The number of nitrogens with one attached hydrogen (secondary N) is 1. The van der Waals surface area contributed by atoms with Crippen molar-refractivity contribution >= 4 is 17.7 Å². The predicted octanol–water partition coefficient (Wildman–Crippen LogP) is 2.66. The summed E-state index contributed by atoms with van der Waals surface area (Å²) in [6.07, 6.45) is 0.728. The van der Waals surface area contributed by atoms with Crippen LogP contribution in [0.2, 0.25) is 0 Å². The van der Waals surface area contributed by atoms with Gasteiger partial charge in [-0.2, -0.15) is 0 Å². The highest BCUT2D eigenvalue weighted by atomic mass is 32.2. The number of nitrogens with two attached hydrogens (primary N) is 1. The zero-order chi connectivity index (χ0) is 14.3. The summed E-state index contributed by atoms with van der Waals surface area (Å²) in [4.78, 5) is 13.0. The van der Waals surface area contributed by atoms with Crippen LogP contribution in [-0.4, -0.2) is 23.7 Å². The van der Waals surface area contributed by atoms with E-state index in [0.717, 1.165) is 6.42 Å². The lowest BCUT2D eigenvalue weighted by Gasteiger charge is -2.16. The van der Waals surface area contributed by atoms with Gasteiger partial charge in [-0.05, 0) is 24.5 Å². The van der Waals surface area contributed by atoms with Crippen molar-refractivity contribution in [1.82, 2.24) is 5.32 Å². The summed E-state index contributed by atoms with van der Waals surface area (Å²) in [5.74, 6) is 0.395. The van der Waals surface area contributed by atoms with E-state index >= 15 is 0 Å². The SMILES string of the molecule is CC(C)C[C@H](N)C(=O)NCC(C)Sc1ccccc1. The maximum atomic E-state index is 11.8. The molecule has 19 heavy (non-hydrogen) atoms. The molecule has 0 aliphatic heterocycles. The normalized spacial score (nSPS) is 14.2. The van der Waals surface area contributed by atoms with Gasteiger partial charge in [-0.3, -0.25) is 4.79 Å². The lowest BCUT2D eigenvalue weighted by Crippen LogP contribution is -2.43. The van der Waals surface area contributed by atoms with Crippen LogP contribution in [0.3, 0.4) is 0 Å². The second-order valence-electron chi connectivity index (χ2n) is 5.22. The summed E-state index contributed by atoms with van der Waals surface area (Å²) >= 11 is 1.76. The molecule has 0 saturated carbocycles. The van der Waals surface area contributed by atoms with E-state index < -0.39 is 6.04 Å². The van der Waals surface area contributed by atoms with Crippen LogP contribution in [0, 0.1) is 5.92 Å². The maximum Gasteiger partial charge on any atom is 0.236 e. The first-order valence-electron chi connectivity index (χ1n) is 6.74. The van der Waals surface area contributed by atoms with E-state index in [1.54, 1.807) is 11.8 Å². The molecule has 106 valence electrons. The number of hydrogen-bond donors (Lipinski definition) is 2. The minimum Gasteiger partial charge on any atom is -0.354 e. The van der Waals surface area contributed by atoms with Crippen molar-refractivity contribution in [3.8, 4) is 0 Å². The Morgan fingerprint density at radius 1 is 1.26 bits per heavy atom. The quantitative estimate of drug-likeness (QED) is 0.755. The third-order valence-corrected chi connectivity index (χ3v) is 3.82. The Labute approximate surface area is 120 Å². The average molecular weight is 280 g/mol. The zero-order valence-corrected chi connectivity index (χ0v) is 12.7. The molecule has 0 bridgehead atoms. The maximum absolute atomic E-state index is 11.8. The van der Waals surface area contributed by atoms with Gasteiger partial charge in [-0.1, -0.05) is 39.0 Å². The lowest BCUT2D eigenvalue weighted by molar-refractivity contribution is -0.122. The number of carbonyl (C=O) groups excluding carboxylic acids is 1. The summed E-state index contributed by atoms with van der Waals surface area (Å²) in [6, 6.07) is 9.80. The molecule has 0 saturated heterocycles. The first-order valence-corrected chi connectivity index (χ1v) is 7.62. The monoisotopic (exact) mass is 280 g/mol. The molecule has 1 unspecified atom stereocenters. The second kappa shape index (κ2) is 8.23.